The molecule has 3 heterocycles. The molecule has 9 nitrogen and oxygen atoms in total. The van der Waals surface area contributed by atoms with E-state index in [1.807, 2.05) is 39.8 Å². The van der Waals surface area contributed by atoms with Gasteiger partial charge in [0, 0.05) is 38.5 Å². The van der Waals surface area contributed by atoms with E-state index in [-0.39, 0.29) is 41.8 Å². The first-order valence-corrected chi connectivity index (χ1v) is 15.8. The van der Waals surface area contributed by atoms with Crippen molar-refractivity contribution in [2.24, 2.45) is 5.92 Å². The predicted molar refractivity (Wildman–Crippen MR) is 167 cm³/mol. The number of anilines is 2. The fourth-order valence-electron chi connectivity index (χ4n) is 6.45. The number of hydrogen-bond acceptors (Lipinski definition) is 7. The molecule has 2 aromatic carbocycles. The average Bonchev–Trinajstić information content (AvgIpc) is 3.80. The monoisotopic (exact) mass is 625 g/mol. The van der Waals surface area contributed by atoms with Gasteiger partial charge in [0.05, 0.1) is 22.8 Å². The number of alkyl halides is 2. The summed E-state index contributed by atoms with van der Waals surface area (Å²) in [6.07, 6.45) is -1.14. The Balaban J connectivity index is 1.29. The van der Waals surface area contributed by atoms with E-state index in [0.717, 1.165) is 41.7 Å². The number of fused-ring (bicyclic) bond motifs is 1. The van der Waals surface area contributed by atoms with E-state index in [4.69, 9.17) is 18.8 Å². The van der Waals surface area contributed by atoms with Crippen molar-refractivity contribution in [3.8, 4) is 5.75 Å². The van der Waals surface area contributed by atoms with Gasteiger partial charge < -0.3 is 33.9 Å². The summed E-state index contributed by atoms with van der Waals surface area (Å²) >= 11 is 0. The van der Waals surface area contributed by atoms with E-state index in [2.05, 4.69) is 17.4 Å². The summed E-state index contributed by atoms with van der Waals surface area (Å²) in [5.41, 5.74) is 1.83. The SMILES string of the molecule is COCCCN1C(=O)C(F)(F)Oc2ccc(N(C(=O)[C@H]3CNCC[C@@H]3c3cccc(B4OC(C)(C)C(C)(C)O4)c3)C3CC3)cc21. The lowest BCUT2D eigenvalue weighted by Crippen LogP contribution is -2.51. The summed E-state index contributed by atoms with van der Waals surface area (Å²) < 4.78 is 51.5. The van der Waals surface area contributed by atoms with Crippen molar-refractivity contribution in [2.45, 2.75) is 82.6 Å². The van der Waals surface area contributed by atoms with Crippen LogP contribution in [-0.4, -0.2) is 75.6 Å². The Morgan fingerprint density at radius 1 is 1.09 bits per heavy atom. The van der Waals surface area contributed by atoms with E-state index in [1.54, 1.807) is 17.0 Å². The number of methoxy groups -OCH3 is 1. The van der Waals surface area contributed by atoms with Crippen LogP contribution in [0, 0.1) is 5.92 Å². The van der Waals surface area contributed by atoms with Crippen LogP contribution in [0.1, 0.15) is 64.9 Å². The maximum Gasteiger partial charge on any atom is 0.494 e. The Bertz CT molecular complexity index is 1440. The highest BCUT2D eigenvalue weighted by Crippen LogP contribution is 2.44. The molecule has 12 heteroatoms. The molecule has 2 saturated heterocycles. The maximum atomic E-state index is 14.5. The summed E-state index contributed by atoms with van der Waals surface area (Å²) in [6, 6.07) is 12.9. The Morgan fingerprint density at radius 2 is 1.82 bits per heavy atom. The zero-order valence-electron chi connectivity index (χ0n) is 26.6. The molecule has 6 rings (SSSR count). The summed E-state index contributed by atoms with van der Waals surface area (Å²) in [5.74, 6) is -1.96. The van der Waals surface area contributed by atoms with Gasteiger partial charge in [-0.3, -0.25) is 9.59 Å². The van der Waals surface area contributed by atoms with Crippen LogP contribution in [0.3, 0.4) is 0 Å². The maximum absolute atomic E-state index is 14.5. The van der Waals surface area contributed by atoms with Crippen molar-refractivity contribution in [1.82, 2.24) is 5.32 Å². The topological polar surface area (TPSA) is 89.6 Å². The number of piperidine rings is 1. The van der Waals surface area contributed by atoms with E-state index < -0.39 is 30.3 Å². The minimum atomic E-state index is -3.97. The molecule has 1 N–H and O–H groups in total. The summed E-state index contributed by atoms with van der Waals surface area (Å²) in [4.78, 5) is 30.0. The largest absolute Gasteiger partial charge is 0.494 e. The van der Waals surface area contributed by atoms with Crippen molar-refractivity contribution in [1.29, 1.82) is 0 Å². The molecule has 242 valence electrons. The van der Waals surface area contributed by atoms with Crippen LogP contribution in [-0.2, 0) is 23.6 Å². The third-order valence-corrected chi connectivity index (χ3v) is 9.79. The molecule has 3 aliphatic heterocycles. The van der Waals surface area contributed by atoms with Gasteiger partial charge in [-0.1, -0.05) is 24.3 Å². The van der Waals surface area contributed by atoms with Crippen molar-refractivity contribution in [3.05, 3.63) is 48.0 Å². The van der Waals surface area contributed by atoms with E-state index >= 15 is 0 Å². The highest BCUT2D eigenvalue weighted by molar-refractivity contribution is 6.62. The Labute approximate surface area is 263 Å². The van der Waals surface area contributed by atoms with Crippen LogP contribution >= 0.6 is 0 Å². The van der Waals surface area contributed by atoms with Crippen LogP contribution in [0.15, 0.2) is 42.5 Å². The third-order valence-electron chi connectivity index (χ3n) is 9.79. The molecule has 1 aliphatic carbocycles. The molecule has 1 saturated carbocycles. The second-order valence-electron chi connectivity index (χ2n) is 13.5. The van der Waals surface area contributed by atoms with Crippen LogP contribution in [0.4, 0.5) is 20.2 Å². The second-order valence-corrected chi connectivity index (χ2v) is 13.5. The summed E-state index contributed by atoms with van der Waals surface area (Å²) in [7, 11) is 1.01. The van der Waals surface area contributed by atoms with Crippen LogP contribution < -0.4 is 25.3 Å². The first kappa shape index (κ1) is 31.9. The lowest BCUT2D eigenvalue weighted by molar-refractivity contribution is -0.192. The van der Waals surface area contributed by atoms with E-state index in [1.165, 1.54) is 13.2 Å². The first-order chi connectivity index (χ1) is 21.3. The van der Waals surface area contributed by atoms with Gasteiger partial charge in [0.15, 0.2) is 5.75 Å². The fourth-order valence-corrected chi connectivity index (χ4v) is 6.45. The minimum absolute atomic E-state index is 0.00203. The van der Waals surface area contributed by atoms with Gasteiger partial charge >= 0.3 is 19.1 Å². The van der Waals surface area contributed by atoms with Gasteiger partial charge in [0.2, 0.25) is 5.91 Å². The van der Waals surface area contributed by atoms with Crippen molar-refractivity contribution in [3.63, 3.8) is 0 Å². The molecule has 2 amide bonds. The van der Waals surface area contributed by atoms with Crippen LogP contribution in [0.25, 0.3) is 0 Å². The van der Waals surface area contributed by atoms with Gasteiger partial charge in [-0.25, -0.2) is 0 Å². The summed E-state index contributed by atoms with van der Waals surface area (Å²) in [6.45, 7) is 9.74. The van der Waals surface area contributed by atoms with Gasteiger partial charge in [0.25, 0.3) is 0 Å². The Morgan fingerprint density at radius 3 is 2.51 bits per heavy atom. The molecule has 0 aromatic heterocycles. The van der Waals surface area contributed by atoms with Crippen molar-refractivity contribution in [2.75, 3.05) is 43.2 Å². The van der Waals surface area contributed by atoms with Gasteiger partial charge in [-0.05, 0) is 95.1 Å². The number of ether oxygens (including phenoxy) is 2. The quantitative estimate of drug-likeness (QED) is 0.330. The number of nitrogens with zero attached hydrogens (tertiary/aromatic N) is 2. The number of hydrogen-bond donors (Lipinski definition) is 1. The van der Waals surface area contributed by atoms with Gasteiger partial charge in [-0.2, -0.15) is 8.78 Å². The first-order valence-electron chi connectivity index (χ1n) is 15.8. The molecule has 0 radical (unpaired) electrons. The van der Waals surface area contributed by atoms with E-state index in [9.17, 15) is 18.4 Å². The lowest BCUT2D eigenvalue weighted by Gasteiger charge is -2.37. The smallest absolute Gasteiger partial charge is 0.423 e. The number of benzene rings is 2. The minimum Gasteiger partial charge on any atom is -0.423 e. The third kappa shape index (κ3) is 6.09. The van der Waals surface area contributed by atoms with E-state index in [0.29, 0.717) is 25.3 Å². The fraction of sp³-hybridized carbons (Fsp3) is 0.576. The van der Waals surface area contributed by atoms with Gasteiger partial charge in [-0.15, -0.1) is 0 Å². The number of carbonyl (C=O) groups is 2. The highest BCUT2D eigenvalue weighted by atomic mass is 19.3. The number of halogens is 2. The standard InChI is InChI=1S/C33H42BF2N3O6/c1-31(2)32(3,4)45-34(44-31)22-9-6-8-21(18-22)25-14-15-37-20-26(25)29(40)39(23-10-11-23)24-12-13-28-27(19-24)38(16-7-17-42-5)30(41)33(35,36)43-28/h6,8-9,12-13,18-19,23,25-26,37H,7,10-11,14-17,20H2,1-5H3/t25-,26+/m1/s1. The molecule has 0 unspecified atom stereocenters. The number of nitrogens with one attached hydrogen (secondary N) is 1. The molecular weight excluding hydrogens is 583 g/mol. The average molecular weight is 626 g/mol. The normalized spacial score (nSPS) is 25.1. The molecule has 0 spiro atoms. The molecule has 3 fully saturated rings. The summed E-state index contributed by atoms with van der Waals surface area (Å²) in [5, 5.41) is 3.41. The lowest BCUT2D eigenvalue weighted by atomic mass is 9.74. The number of rotatable bonds is 9. The highest BCUT2D eigenvalue weighted by Gasteiger charge is 2.53. The predicted octanol–water partition coefficient (Wildman–Crippen LogP) is 4.23. The zero-order chi connectivity index (χ0) is 32.1. The molecule has 0 bridgehead atoms. The van der Waals surface area contributed by atoms with Gasteiger partial charge in [0.1, 0.15) is 0 Å². The number of carbonyl (C=O) groups excluding carboxylic acids is 2. The Kier molecular flexibility index (Phi) is 8.47. The molecule has 45 heavy (non-hydrogen) atoms. The van der Waals surface area contributed by atoms with Crippen LogP contribution in [0.5, 0.6) is 5.75 Å². The Hall–Kier alpha value is -3.06. The number of amides is 2. The molecule has 2 aromatic rings. The molecule has 4 aliphatic rings. The van der Waals surface area contributed by atoms with Crippen molar-refractivity contribution >= 4 is 35.8 Å². The van der Waals surface area contributed by atoms with Crippen LogP contribution in [0.2, 0.25) is 0 Å². The molecule has 2 atom stereocenters. The second kappa shape index (κ2) is 11.9. The molecular formula is C33H42BF2N3O6. The van der Waals surface area contributed by atoms with Crippen molar-refractivity contribution < 1.29 is 37.2 Å². The zero-order valence-corrected chi connectivity index (χ0v) is 26.6.